The molecule has 25 heavy (non-hydrogen) atoms. The summed E-state index contributed by atoms with van der Waals surface area (Å²) in [6, 6.07) is 1.69. The second-order valence-electron chi connectivity index (χ2n) is 7.51. The summed E-state index contributed by atoms with van der Waals surface area (Å²) >= 11 is 0. The molecule has 2 aliphatic rings. The summed E-state index contributed by atoms with van der Waals surface area (Å²) in [6.07, 6.45) is 13.0. The summed E-state index contributed by atoms with van der Waals surface area (Å²) in [4.78, 5) is 15.2. The van der Waals surface area contributed by atoms with E-state index in [4.69, 9.17) is 9.15 Å². The van der Waals surface area contributed by atoms with E-state index >= 15 is 0 Å². The summed E-state index contributed by atoms with van der Waals surface area (Å²) < 4.78 is 10.7. The fourth-order valence-electron chi connectivity index (χ4n) is 4.26. The molecule has 1 aromatic heterocycles. The van der Waals surface area contributed by atoms with Gasteiger partial charge < -0.3 is 14.3 Å². The van der Waals surface area contributed by atoms with Gasteiger partial charge in [-0.05, 0) is 44.8 Å². The summed E-state index contributed by atoms with van der Waals surface area (Å²) in [6.45, 7) is 3.24. The number of hydrogen-bond donors (Lipinski definition) is 1. The van der Waals surface area contributed by atoms with Gasteiger partial charge in [0.05, 0.1) is 12.5 Å². The highest BCUT2D eigenvalue weighted by Crippen LogP contribution is 2.40. The second kappa shape index (κ2) is 8.86. The number of aliphatic hydroxyl groups is 1. The van der Waals surface area contributed by atoms with E-state index < -0.39 is 11.6 Å². The Morgan fingerprint density at radius 3 is 2.48 bits per heavy atom. The molecule has 5 heteroatoms. The van der Waals surface area contributed by atoms with E-state index in [0.29, 0.717) is 12.2 Å². The van der Waals surface area contributed by atoms with Gasteiger partial charge in [-0.25, -0.2) is 4.79 Å². The van der Waals surface area contributed by atoms with Gasteiger partial charge >= 0.3 is 5.97 Å². The molecule has 2 fully saturated rings. The van der Waals surface area contributed by atoms with Gasteiger partial charge in [0.15, 0.2) is 5.60 Å². The first-order chi connectivity index (χ1) is 12.2. The van der Waals surface area contributed by atoms with E-state index in [2.05, 4.69) is 4.90 Å². The number of rotatable bonds is 6. The first kappa shape index (κ1) is 18.5. The fourth-order valence-corrected chi connectivity index (χ4v) is 4.26. The Morgan fingerprint density at radius 2 is 1.84 bits per heavy atom. The molecular formula is C20H31NO4. The minimum Gasteiger partial charge on any atom is -0.472 e. The summed E-state index contributed by atoms with van der Waals surface area (Å²) in [7, 11) is 0. The zero-order valence-electron chi connectivity index (χ0n) is 15.1. The van der Waals surface area contributed by atoms with Crippen LogP contribution in [0.15, 0.2) is 23.0 Å². The van der Waals surface area contributed by atoms with Gasteiger partial charge in [-0.3, -0.25) is 4.90 Å². The lowest BCUT2D eigenvalue weighted by atomic mass is 9.74. The molecule has 3 rings (SSSR count). The van der Waals surface area contributed by atoms with Gasteiger partial charge in [0.2, 0.25) is 0 Å². The van der Waals surface area contributed by atoms with Crippen molar-refractivity contribution in [2.75, 3.05) is 26.2 Å². The Labute approximate surface area is 150 Å². The standard InChI is InChI=1S/C20H31NO4/c22-19(25-15-13-21-11-6-1-2-7-12-21)20(23,18-10-14-24-16-18)17-8-4-3-5-9-17/h10,14,16-17,23H,1-9,11-13,15H2/t20-/m0/s1. The molecule has 0 aromatic carbocycles. The molecule has 1 saturated heterocycles. The molecule has 1 aliphatic heterocycles. The van der Waals surface area contributed by atoms with Crippen LogP contribution in [0.5, 0.6) is 0 Å². The highest BCUT2D eigenvalue weighted by Gasteiger charge is 2.47. The van der Waals surface area contributed by atoms with E-state index in [1.165, 1.54) is 44.6 Å². The Kier molecular flexibility index (Phi) is 6.54. The topological polar surface area (TPSA) is 62.9 Å². The van der Waals surface area contributed by atoms with Crippen molar-refractivity contribution in [3.63, 3.8) is 0 Å². The number of furan rings is 1. The highest BCUT2D eigenvalue weighted by atomic mass is 16.5. The summed E-state index contributed by atoms with van der Waals surface area (Å²) in [5.74, 6) is -0.611. The van der Waals surface area contributed by atoms with E-state index in [0.717, 1.165) is 45.3 Å². The Bertz CT molecular complexity index is 516. The lowest BCUT2D eigenvalue weighted by Gasteiger charge is -2.35. The van der Waals surface area contributed by atoms with Crippen molar-refractivity contribution in [2.24, 2.45) is 5.92 Å². The molecule has 0 unspecified atom stereocenters. The van der Waals surface area contributed by atoms with Crippen molar-refractivity contribution < 1.29 is 19.1 Å². The minimum absolute atomic E-state index is 0.0930. The summed E-state index contributed by atoms with van der Waals surface area (Å²) in [5, 5.41) is 11.3. The van der Waals surface area contributed by atoms with Gasteiger partial charge in [-0.1, -0.05) is 32.1 Å². The van der Waals surface area contributed by atoms with Crippen LogP contribution in [-0.4, -0.2) is 42.2 Å². The molecule has 0 radical (unpaired) electrons. The molecule has 1 N–H and O–H groups in total. The molecule has 1 saturated carbocycles. The van der Waals surface area contributed by atoms with Crippen molar-refractivity contribution >= 4 is 5.97 Å². The van der Waals surface area contributed by atoms with Crippen molar-refractivity contribution in [3.05, 3.63) is 24.2 Å². The van der Waals surface area contributed by atoms with Crippen LogP contribution in [0.4, 0.5) is 0 Å². The third-order valence-electron chi connectivity index (χ3n) is 5.81. The van der Waals surface area contributed by atoms with Crippen LogP contribution in [-0.2, 0) is 15.1 Å². The number of esters is 1. The quantitative estimate of drug-likeness (QED) is 0.797. The van der Waals surface area contributed by atoms with Crippen LogP contribution in [0.1, 0.15) is 63.4 Å². The van der Waals surface area contributed by atoms with Crippen LogP contribution < -0.4 is 0 Å². The smallest absolute Gasteiger partial charge is 0.343 e. The number of nitrogens with zero attached hydrogens (tertiary/aromatic N) is 1. The first-order valence-corrected chi connectivity index (χ1v) is 9.86. The Balaban J connectivity index is 1.61. The highest BCUT2D eigenvalue weighted by molar-refractivity contribution is 5.81. The molecule has 5 nitrogen and oxygen atoms in total. The molecule has 1 atom stereocenters. The summed E-state index contributed by atoms with van der Waals surface area (Å²) in [5.41, 5.74) is -1.05. The predicted molar refractivity (Wildman–Crippen MR) is 95.0 cm³/mol. The zero-order valence-corrected chi connectivity index (χ0v) is 15.1. The average Bonchev–Trinajstić information content (AvgIpc) is 3.07. The van der Waals surface area contributed by atoms with E-state index in [9.17, 15) is 9.90 Å². The fraction of sp³-hybridized carbons (Fsp3) is 0.750. The maximum atomic E-state index is 12.8. The number of carbonyl (C=O) groups excluding carboxylic acids is 1. The third-order valence-corrected chi connectivity index (χ3v) is 5.81. The van der Waals surface area contributed by atoms with Crippen molar-refractivity contribution in [1.29, 1.82) is 0 Å². The van der Waals surface area contributed by atoms with Crippen LogP contribution in [0.25, 0.3) is 0 Å². The Morgan fingerprint density at radius 1 is 1.16 bits per heavy atom. The van der Waals surface area contributed by atoms with Crippen molar-refractivity contribution in [3.8, 4) is 0 Å². The lowest BCUT2D eigenvalue weighted by molar-refractivity contribution is -0.176. The van der Waals surface area contributed by atoms with Crippen LogP contribution in [0.3, 0.4) is 0 Å². The lowest BCUT2D eigenvalue weighted by Crippen LogP contribution is -2.45. The molecule has 0 amide bonds. The van der Waals surface area contributed by atoms with Gasteiger partial charge in [0, 0.05) is 18.0 Å². The number of carbonyl (C=O) groups is 1. The zero-order chi connectivity index (χ0) is 17.5. The van der Waals surface area contributed by atoms with Crippen LogP contribution in [0, 0.1) is 5.92 Å². The van der Waals surface area contributed by atoms with E-state index in [1.54, 1.807) is 6.07 Å². The number of likely N-dealkylation sites (tertiary alicyclic amines) is 1. The van der Waals surface area contributed by atoms with Crippen molar-refractivity contribution in [1.82, 2.24) is 4.90 Å². The predicted octanol–water partition coefficient (Wildman–Crippen LogP) is 3.47. The molecular weight excluding hydrogens is 318 g/mol. The molecule has 140 valence electrons. The monoisotopic (exact) mass is 349 g/mol. The molecule has 2 heterocycles. The average molecular weight is 349 g/mol. The number of hydrogen-bond acceptors (Lipinski definition) is 5. The van der Waals surface area contributed by atoms with E-state index in [-0.39, 0.29) is 5.92 Å². The van der Waals surface area contributed by atoms with Gasteiger partial charge in [0.25, 0.3) is 0 Å². The third kappa shape index (κ3) is 4.45. The normalized spacial score (nSPS) is 22.9. The second-order valence-corrected chi connectivity index (χ2v) is 7.51. The SMILES string of the molecule is O=C(OCCN1CCCCCC1)[C@@](O)(c1ccoc1)C1CCCCC1. The maximum absolute atomic E-state index is 12.8. The van der Waals surface area contributed by atoms with E-state index in [1.807, 2.05) is 0 Å². The van der Waals surface area contributed by atoms with Gasteiger partial charge in [0.1, 0.15) is 6.61 Å². The minimum atomic E-state index is -1.58. The molecule has 1 aromatic rings. The van der Waals surface area contributed by atoms with Gasteiger partial charge in [-0.2, -0.15) is 0 Å². The molecule has 0 bridgehead atoms. The first-order valence-electron chi connectivity index (χ1n) is 9.86. The number of ether oxygens (including phenoxy) is 1. The van der Waals surface area contributed by atoms with Crippen LogP contribution >= 0.6 is 0 Å². The van der Waals surface area contributed by atoms with Crippen molar-refractivity contribution in [2.45, 2.75) is 63.4 Å². The van der Waals surface area contributed by atoms with Gasteiger partial charge in [-0.15, -0.1) is 0 Å². The molecule has 0 spiro atoms. The Hall–Kier alpha value is -1.33. The largest absolute Gasteiger partial charge is 0.472 e. The van der Waals surface area contributed by atoms with Crippen LogP contribution in [0.2, 0.25) is 0 Å². The maximum Gasteiger partial charge on any atom is 0.343 e. The molecule has 1 aliphatic carbocycles.